The van der Waals surface area contributed by atoms with Gasteiger partial charge in [0.05, 0.1) is 0 Å². The lowest BCUT2D eigenvalue weighted by molar-refractivity contribution is 0.576. The van der Waals surface area contributed by atoms with Gasteiger partial charge in [-0.25, -0.2) is 0 Å². The molecule has 1 aromatic heterocycles. The highest BCUT2D eigenvalue weighted by molar-refractivity contribution is 7.71. The monoisotopic (exact) mass is 195 g/mol. The number of hydrogen-bond donors (Lipinski definition) is 0. The van der Waals surface area contributed by atoms with Crippen LogP contribution in [0.1, 0.15) is 32.6 Å². The Morgan fingerprint density at radius 1 is 1.23 bits per heavy atom. The van der Waals surface area contributed by atoms with Crippen LogP contribution in [-0.2, 0) is 6.54 Å². The Morgan fingerprint density at radius 3 is 2.77 bits per heavy atom. The number of rotatable bonds is 5. The molecule has 1 nitrogen and oxygen atoms in total. The largest absolute Gasteiger partial charge is 0.339 e. The number of aromatic nitrogens is 1. The van der Waals surface area contributed by atoms with Crippen molar-refractivity contribution in [2.75, 3.05) is 0 Å². The molecule has 72 valence electrons. The molecule has 0 aliphatic rings. The first-order valence-electron chi connectivity index (χ1n) is 5.00. The van der Waals surface area contributed by atoms with Gasteiger partial charge in [0.1, 0.15) is 4.64 Å². The van der Waals surface area contributed by atoms with E-state index < -0.39 is 0 Å². The molecule has 0 saturated carbocycles. The summed E-state index contributed by atoms with van der Waals surface area (Å²) in [6.07, 6.45) is 7.24. The molecule has 0 saturated heterocycles. The van der Waals surface area contributed by atoms with E-state index >= 15 is 0 Å². The first-order valence-corrected chi connectivity index (χ1v) is 5.41. The highest BCUT2D eigenvalue weighted by Gasteiger charge is 1.90. The minimum atomic E-state index is 0.944. The maximum atomic E-state index is 5.19. The van der Waals surface area contributed by atoms with Crippen molar-refractivity contribution in [3.05, 3.63) is 29.0 Å². The molecule has 1 aromatic rings. The molecule has 0 N–H and O–H groups in total. The molecule has 0 aliphatic heterocycles. The zero-order valence-corrected chi connectivity index (χ0v) is 9.02. The van der Waals surface area contributed by atoms with Gasteiger partial charge in [-0.1, -0.05) is 44.5 Å². The van der Waals surface area contributed by atoms with Gasteiger partial charge in [0, 0.05) is 12.7 Å². The standard InChI is InChI=1S/C11H17NS/c1-2-3-4-6-9-12-10-7-5-8-11(12)13/h5,7-8,10H,2-4,6,9H2,1H3. The van der Waals surface area contributed by atoms with E-state index in [-0.39, 0.29) is 0 Å². The van der Waals surface area contributed by atoms with Crippen LogP contribution in [0.2, 0.25) is 0 Å². The van der Waals surface area contributed by atoms with E-state index in [0.29, 0.717) is 0 Å². The number of unbranched alkanes of at least 4 members (excludes halogenated alkanes) is 3. The number of hydrogen-bond acceptors (Lipinski definition) is 1. The van der Waals surface area contributed by atoms with E-state index in [1.807, 2.05) is 18.2 Å². The number of pyridine rings is 1. The smallest absolute Gasteiger partial charge is 0.105 e. The van der Waals surface area contributed by atoms with E-state index in [1.165, 1.54) is 25.7 Å². The highest BCUT2D eigenvalue weighted by atomic mass is 32.1. The van der Waals surface area contributed by atoms with Gasteiger partial charge in [0.2, 0.25) is 0 Å². The predicted molar refractivity (Wildman–Crippen MR) is 59.4 cm³/mol. The molecule has 0 fully saturated rings. The van der Waals surface area contributed by atoms with Crippen LogP contribution in [0.25, 0.3) is 0 Å². The van der Waals surface area contributed by atoms with Crippen LogP contribution >= 0.6 is 12.2 Å². The van der Waals surface area contributed by atoms with Gasteiger partial charge in [-0.15, -0.1) is 0 Å². The van der Waals surface area contributed by atoms with E-state index in [2.05, 4.69) is 17.7 Å². The maximum Gasteiger partial charge on any atom is 0.105 e. The Balaban J connectivity index is 2.37. The molecular weight excluding hydrogens is 178 g/mol. The SMILES string of the molecule is CCCCCCn1ccccc1=S. The van der Waals surface area contributed by atoms with Crippen molar-refractivity contribution in [1.29, 1.82) is 0 Å². The molecule has 0 spiro atoms. The number of aryl methyl sites for hydroxylation is 1. The van der Waals surface area contributed by atoms with Gasteiger partial charge < -0.3 is 4.57 Å². The van der Waals surface area contributed by atoms with Crippen molar-refractivity contribution in [3.63, 3.8) is 0 Å². The van der Waals surface area contributed by atoms with Crippen molar-refractivity contribution in [2.45, 2.75) is 39.2 Å². The van der Waals surface area contributed by atoms with Crippen molar-refractivity contribution >= 4 is 12.2 Å². The van der Waals surface area contributed by atoms with Crippen molar-refractivity contribution in [3.8, 4) is 0 Å². The fourth-order valence-electron chi connectivity index (χ4n) is 1.35. The molecule has 1 rings (SSSR count). The van der Waals surface area contributed by atoms with Crippen LogP contribution in [0.15, 0.2) is 24.4 Å². The van der Waals surface area contributed by atoms with Crippen molar-refractivity contribution in [1.82, 2.24) is 4.57 Å². The zero-order chi connectivity index (χ0) is 9.52. The van der Waals surface area contributed by atoms with Gasteiger partial charge in [-0.2, -0.15) is 0 Å². The number of nitrogens with zero attached hydrogens (tertiary/aromatic N) is 1. The Labute approximate surface area is 85.4 Å². The summed E-state index contributed by atoms with van der Waals surface area (Å²) in [6, 6.07) is 6.01. The van der Waals surface area contributed by atoms with Crippen LogP contribution in [-0.4, -0.2) is 4.57 Å². The van der Waals surface area contributed by atoms with Crippen molar-refractivity contribution in [2.24, 2.45) is 0 Å². The Morgan fingerprint density at radius 2 is 2.08 bits per heavy atom. The Bertz CT molecular complexity index is 290. The van der Waals surface area contributed by atoms with Crippen molar-refractivity contribution < 1.29 is 0 Å². The second-order valence-corrected chi connectivity index (χ2v) is 3.71. The molecule has 0 unspecified atom stereocenters. The van der Waals surface area contributed by atoms with Gasteiger partial charge in [0.15, 0.2) is 0 Å². The van der Waals surface area contributed by atoms with Crippen LogP contribution in [0.5, 0.6) is 0 Å². The average Bonchev–Trinajstić information content (AvgIpc) is 2.15. The Hall–Kier alpha value is -0.630. The topological polar surface area (TPSA) is 4.93 Å². The minimum absolute atomic E-state index is 0.944. The van der Waals surface area contributed by atoms with Gasteiger partial charge in [-0.3, -0.25) is 0 Å². The summed E-state index contributed by atoms with van der Waals surface area (Å²) in [4.78, 5) is 0. The van der Waals surface area contributed by atoms with Gasteiger partial charge >= 0.3 is 0 Å². The summed E-state index contributed by atoms with van der Waals surface area (Å²) >= 11 is 5.19. The zero-order valence-electron chi connectivity index (χ0n) is 8.20. The fourth-order valence-corrected chi connectivity index (χ4v) is 1.59. The first kappa shape index (κ1) is 10.5. The molecule has 0 bridgehead atoms. The summed E-state index contributed by atoms with van der Waals surface area (Å²) in [6.45, 7) is 3.30. The molecule has 13 heavy (non-hydrogen) atoms. The predicted octanol–water partition coefficient (Wildman–Crippen LogP) is 3.80. The van der Waals surface area contributed by atoms with E-state index in [4.69, 9.17) is 12.2 Å². The summed E-state index contributed by atoms with van der Waals surface area (Å²) in [5.74, 6) is 0. The third-order valence-corrected chi connectivity index (χ3v) is 2.52. The molecule has 0 aliphatic carbocycles. The minimum Gasteiger partial charge on any atom is -0.339 e. The van der Waals surface area contributed by atoms with Crippen LogP contribution in [0.3, 0.4) is 0 Å². The average molecular weight is 195 g/mol. The molecule has 0 aromatic carbocycles. The molecule has 0 amide bonds. The molecule has 0 radical (unpaired) electrons. The summed E-state index contributed by atoms with van der Waals surface area (Å²) < 4.78 is 3.09. The summed E-state index contributed by atoms with van der Waals surface area (Å²) in [5, 5.41) is 0. The highest BCUT2D eigenvalue weighted by Crippen LogP contribution is 2.02. The summed E-state index contributed by atoms with van der Waals surface area (Å²) in [7, 11) is 0. The summed E-state index contributed by atoms with van der Waals surface area (Å²) in [5.41, 5.74) is 0. The molecule has 1 heterocycles. The second-order valence-electron chi connectivity index (χ2n) is 3.29. The quantitative estimate of drug-likeness (QED) is 0.511. The van der Waals surface area contributed by atoms with Gasteiger partial charge in [0.25, 0.3) is 0 Å². The lowest BCUT2D eigenvalue weighted by atomic mass is 10.2. The first-order chi connectivity index (χ1) is 6.34. The maximum absolute atomic E-state index is 5.19. The van der Waals surface area contributed by atoms with Crippen LogP contribution < -0.4 is 0 Å². The molecule has 0 atom stereocenters. The Kier molecular flexibility index (Phi) is 4.76. The van der Waals surface area contributed by atoms with E-state index in [0.717, 1.165) is 11.2 Å². The third-order valence-electron chi connectivity index (χ3n) is 2.15. The third kappa shape index (κ3) is 3.73. The van der Waals surface area contributed by atoms with Crippen LogP contribution in [0.4, 0.5) is 0 Å². The second kappa shape index (κ2) is 5.92. The van der Waals surface area contributed by atoms with E-state index in [1.54, 1.807) is 0 Å². The van der Waals surface area contributed by atoms with Crippen LogP contribution in [0, 0.1) is 4.64 Å². The lowest BCUT2D eigenvalue weighted by Gasteiger charge is -2.05. The lowest BCUT2D eigenvalue weighted by Crippen LogP contribution is -1.98. The van der Waals surface area contributed by atoms with Gasteiger partial charge in [-0.05, 0) is 18.6 Å². The molecular formula is C11H17NS. The fraction of sp³-hybridized carbons (Fsp3) is 0.545. The van der Waals surface area contributed by atoms with E-state index in [9.17, 15) is 0 Å². The molecule has 2 heteroatoms. The normalized spacial score (nSPS) is 10.2.